The maximum Gasteiger partial charge on any atom is 0.236 e. The van der Waals surface area contributed by atoms with E-state index in [9.17, 15) is 4.79 Å². The summed E-state index contributed by atoms with van der Waals surface area (Å²) in [6.45, 7) is 5.99. The van der Waals surface area contributed by atoms with E-state index in [1.807, 2.05) is 24.0 Å². The van der Waals surface area contributed by atoms with Gasteiger partial charge in [-0.05, 0) is 51.1 Å². The first-order chi connectivity index (χ1) is 12.6. The molecule has 2 heterocycles. The van der Waals surface area contributed by atoms with Crippen LogP contribution >= 0.6 is 0 Å². The molecule has 1 amide bonds. The van der Waals surface area contributed by atoms with Gasteiger partial charge in [0.2, 0.25) is 5.91 Å². The maximum atomic E-state index is 12.5. The minimum absolute atomic E-state index is 0.0443. The van der Waals surface area contributed by atoms with Gasteiger partial charge in [-0.1, -0.05) is 0 Å². The van der Waals surface area contributed by atoms with Crippen molar-refractivity contribution in [1.82, 2.24) is 20.1 Å². The van der Waals surface area contributed by atoms with Gasteiger partial charge >= 0.3 is 0 Å². The number of aromatic nitrogens is 1. The summed E-state index contributed by atoms with van der Waals surface area (Å²) < 4.78 is 0. The Labute approximate surface area is 156 Å². The fraction of sp³-hybridized carbons (Fsp3) is 0.632. The number of pyridine rings is 1. The van der Waals surface area contributed by atoms with Crippen LogP contribution in [0.2, 0.25) is 0 Å². The highest BCUT2D eigenvalue weighted by Crippen LogP contribution is 2.15. The number of nitrogens with one attached hydrogen (secondary N) is 1. The van der Waals surface area contributed by atoms with Gasteiger partial charge in [0.1, 0.15) is 0 Å². The summed E-state index contributed by atoms with van der Waals surface area (Å²) in [7, 11) is 2.14. The van der Waals surface area contributed by atoms with Crippen molar-refractivity contribution in [2.45, 2.75) is 32.4 Å². The molecule has 26 heavy (non-hydrogen) atoms. The lowest BCUT2D eigenvalue weighted by molar-refractivity contribution is -0.130. The van der Waals surface area contributed by atoms with Gasteiger partial charge in [-0.3, -0.25) is 14.8 Å². The van der Waals surface area contributed by atoms with Crippen LogP contribution < -0.4 is 5.32 Å². The van der Waals surface area contributed by atoms with E-state index in [1.54, 1.807) is 12.4 Å². The smallest absolute Gasteiger partial charge is 0.236 e. The van der Waals surface area contributed by atoms with E-state index in [4.69, 9.17) is 5.11 Å². The molecule has 0 aromatic carbocycles. The fourth-order valence-corrected chi connectivity index (χ4v) is 3.18. The van der Waals surface area contributed by atoms with Crippen molar-refractivity contribution in [2.75, 3.05) is 46.4 Å². The van der Waals surface area contributed by atoms with Gasteiger partial charge in [0.05, 0.1) is 25.4 Å². The summed E-state index contributed by atoms with van der Waals surface area (Å²) in [5.74, 6) is 0.133. The summed E-state index contributed by atoms with van der Waals surface area (Å²) in [6, 6.07) is 4.28. The molecule has 1 aromatic heterocycles. The predicted molar refractivity (Wildman–Crippen MR) is 103 cm³/mol. The third kappa shape index (κ3) is 6.48. The van der Waals surface area contributed by atoms with Gasteiger partial charge in [-0.2, -0.15) is 0 Å². The summed E-state index contributed by atoms with van der Waals surface area (Å²) in [5, 5.41) is 12.0. The highest BCUT2D eigenvalue weighted by atomic mass is 16.3. The Kier molecular flexibility index (Phi) is 8.67. The molecule has 0 spiro atoms. The SMILES string of the molecule is CCN(CC1CCCN1C)C(=O)CNCc1cc(C=NCCO)ccn1. The minimum Gasteiger partial charge on any atom is -0.394 e. The van der Waals surface area contributed by atoms with Crippen LogP contribution in [0.5, 0.6) is 0 Å². The van der Waals surface area contributed by atoms with Crippen molar-refractivity contribution < 1.29 is 9.90 Å². The van der Waals surface area contributed by atoms with Gasteiger partial charge in [0.15, 0.2) is 0 Å². The molecule has 2 N–H and O–H groups in total. The molecule has 0 radical (unpaired) electrons. The third-order valence-electron chi connectivity index (χ3n) is 4.73. The molecule has 1 atom stereocenters. The molecule has 0 aliphatic carbocycles. The molecule has 7 nitrogen and oxygen atoms in total. The largest absolute Gasteiger partial charge is 0.394 e. The molecule has 144 valence electrons. The summed E-state index contributed by atoms with van der Waals surface area (Å²) in [4.78, 5) is 25.2. The summed E-state index contributed by atoms with van der Waals surface area (Å²) in [6.07, 6.45) is 5.84. The van der Waals surface area contributed by atoms with Crippen molar-refractivity contribution in [1.29, 1.82) is 0 Å². The Hall–Kier alpha value is -1.83. The second-order valence-electron chi connectivity index (χ2n) is 6.65. The number of likely N-dealkylation sites (tertiary alicyclic amines) is 1. The van der Waals surface area contributed by atoms with Gasteiger partial charge in [-0.25, -0.2) is 0 Å². The summed E-state index contributed by atoms with van der Waals surface area (Å²) >= 11 is 0. The lowest BCUT2D eigenvalue weighted by atomic mass is 10.2. The van der Waals surface area contributed by atoms with Crippen LogP contribution in [-0.4, -0.2) is 84.4 Å². The average Bonchev–Trinajstić information content (AvgIpc) is 3.05. The van der Waals surface area contributed by atoms with Crippen molar-refractivity contribution in [3.05, 3.63) is 29.6 Å². The summed E-state index contributed by atoms with van der Waals surface area (Å²) in [5.41, 5.74) is 1.81. The average molecular weight is 361 g/mol. The second-order valence-corrected chi connectivity index (χ2v) is 6.65. The monoisotopic (exact) mass is 361 g/mol. The van der Waals surface area contributed by atoms with E-state index >= 15 is 0 Å². The topological polar surface area (TPSA) is 81.1 Å². The van der Waals surface area contributed by atoms with Gasteiger partial charge in [0.25, 0.3) is 0 Å². The molecule has 1 aliphatic rings. The lowest BCUT2D eigenvalue weighted by Gasteiger charge is -2.28. The second kappa shape index (κ2) is 11.0. The van der Waals surface area contributed by atoms with Crippen molar-refractivity contribution in [2.24, 2.45) is 4.99 Å². The molecule has 7 heteroatoms. The van der Waals surface area contributed by atoms with Crippen molar-refractivity contribution >= 4 is 12.1 Å². The van der Waals surface area contributed by atoms with E-state index in [1.165, 1.54) is 12.8 Å². The van der Waals surface area contributed by atoms with E-state index in [0.717, 1.165) is 30.9 Å². The van der Waals surface area contributed by atoms with E-state index in [-0.39, 0.29) is 12.5 Å². The van der Waals surface area contributed by atoms with Crippen LogP contribution in [0.1, 0.15) is 31.0 Å². The highest BCUT2D eigenvalue weighted by molar-refractivity contribution is 5.79. The maximum absolute atomic E-state index is 12.5. The lowest BCUT2D eigenvalue weighted by Crippen LogP contribution is -2.44. The molecule has 1 saturated heterocycles. The Balaban J connectivity index is 1.78. The Bertz CT molecular complexity index is 593. The number of likely N-dealkylation sites (N-methyl/N-ethyl adjacent to an activating group) is 2. The Morgan fingerprint density at radius 3 is 3.12 bits per heavy atom. The number of nitrogens with zero attached hydrogens (tertiary/aromatic N) is 4. The first-order valence-electron chi connectivity index (χ1n) is 9.38. The Morgan fingerprint density at radius 2 is 2.42 bits per heavy atom. The third-order valence-corrected chi connectivity index (χ3v) is 4.73. The number of hydrogen-bond acceptors (Lipinski definition) is 6. The van der Waals surface area contributed by atoms with Crippen LogP contribution in [0.15, 0.2) is 23.3 Å². The van der Waals surface area contributed by atoms with Crippen LogP contribution in [0, 0.1) is 0 Å². The quantitative estimate of drug-likeness (QED) is 0.594. The van der Waals surface area contributed by atoms with E-state index < -0.39 is 0 Å². The standard InChI is InChI=1S/C19H31N5O2/c1-3-24(15-18-5-4-9-23(18)2)19(26)14-21-13-17-11-16(6-7-22-17)12-20-8-10-25/h6-7,11-12,18,21,25H,3-5,8-10,13-15H2,1-2H3. The van der Waals surface area contributed by atoms with Crippen molar-refractivity contribution in [3.63, 3.8) is 0 Å². The molecule has 0 saturated carbocycles. The first-order valence-corrected chi connectivity index (χ1v) is 9.38. The molecule has 2 rings (SSSR count). The fourth-order valence-electron chi connectivity index (χ4n) is 3.18. The minimum atomic E-state index is 0.0443. The van der Waals surface area contributed by atoms with Gasteiger partial charge in [-0.15, -0.1) is 0 Å². The first kappa shape index (κ1) is 20.5. The number of rotatable bonds is 10. The molecular weight excluding hydrogens is 330 g/mol. The zero-order chi connectivity index (χ0) is 18.8. The Morgan fingerprint density at radius 1 is 1.58 bits per heavy atom. The number of aliphatic imine (C=N–C) groups is 1. The number of aliphatic hydroxyl groups excluding tert-OH is 1. The zero-order valence-electron chi connectivity index (χ0n) is 15.9. The normalized spacial score (nSPS) is 17.9. The molecule has 1 aromatic rings. The molecule has 0 bridgehead atoms. The molecular formula is C19H31N5O2. The number of carbonyl (C=O) groups is 1. The number of carbonyl (C=O) groups excluding carboxylic acids is 1. The van der Waals surface area contributed by atoms with Gasteiger partial charge in [0, 0.05) is 38.1 Å². The molecule has 1 aliphatic heterocycles. The number of amides is 1. The van der Waals surface area contributed by atoms with Crippen LogP contribution in [-0.2, 0) is 11.3 Å². The van der Waals surface area contributed by atoms with Crippen LogP contribution in [0.25, 0.3) is 0 Å². The number of hydrogen-bond donors (Lipinski definition) is 2. The van der Waals surface area contributed by atoms with Crippen LogP contribution in [0.3, 0.4) is 0 Å². The van der Waals surface area contributed by atoms with Crippen LogP contribution in [0.4, 0.5) is 0 Å². The number of aliphatic hydroxyl groups is 1. The molecule has 1 fully saturated rings. The highest BCUT2D eigenvalue weighted by Gasteiger charge is 2.24. The van der Waals surface area contributed by atoms with Crippen molar-refractivity contribution in [3.8, 4) is 0 Å². The molecule has 1 unspecified atom stereocenters. The van der Waals surface area contributed by atoms with E-state index in [2.05, 4.69) is 27.2 Å². The zero-order valence-corrected chi connectivity index (χ0v) is 15.9. The predicted octanol–water partition coefficient (Wildman–Crippen LogP) is 0.525. The van der Waals surface area contributed by atoms with Gasteiger partial charge < -0.3 is 20.2 Å². The van der Waals surface area contributed by atoms with E-state index in [0.29, 0.717) is 25.7 Å².